The number of nitrogens with one attached hydrogen (secondary N) is 1. The lowest BCUT2D eigenvalue weighted by Crippen LogP contribution is -2.32. The van der Waals surface area contributed by atoms with E-state index in [2.05, 4.69) is 19.2 Å². The van der Waals surface area contributed by atoms with Gasteiger partial charge in [0.15, 0.2) is 0 Å². The Bertz CT molecular complexity index is 742. The maximum atomic E-state index is 13.9. The Morgan fingerprint density at radius 1 is 1.08 bits per heavy atom. The van der Waals surface area contributed by atoms with E-state index < -0.39 is 5.82 Å². The molecule has 132 valence electrons. The largest absolute Gasteiger partial charge is 0.326 e. The molecule has 2 aromatic rings. The molecule has 0 spiro atoms. The highest BCUT2D eigenvalue weighted by Gasteiger charge is 2.16. The van der Waals surface area contributed by atoms with Gasteiger partial charge in [0.25, 0.3) is 0 Å². The zero-order valence-electron chi connectivity index (χ0n) is 14.8. The number of para-hydroxylation sites is 1. The lowest BCUT2D eigenvalue weighted by molar-refractivity contribution is -0.117. The third-order valence-corrected chi connectivity index (χ3v) is 3.95. The van der Waals surface area contributed by atoms with E-state index in [0.29, 0.717) is 11.6 Å². The number of anilines is 2. The van der Waals surface area contributed by atoms with Crippen molar-refractivity contribution in [2.75, 3.05) is 16.8 Å². The summed E-state index contributed by atoms with van der Waals surface area (Å²) in [6, 6.07) is 13.7. The molecular weight excluding hydrogens is 319 g/mol. The molecular formula is C20H23FN2O2. The van der Waals surface area contributed by atoms with Crippen LogP contribution in [0.1, 0.15) is 38.7 Å². The van der Waals surface area contributed by atoms with Gasteiger partial charge in [0, 0.05) is 25.6 Å². The van der Waals surface area contributed by atoms with Gasteiger partial charge in [0.1, 0.15) is 5.82 Å². The van der Waals surface area contributed by atoms with Crippen molar-refractivity contribution in [3.8, 4) is 0 Å². The zero-order chi connectivity index (χ0) is 18.4. The monoisotopic (exact) mass is 342 g/mol. The summed E-state index contributed by atoms with van der Waals surface area (Å²) in [6.45, 7) is 5.68. The molecule has 0 aliphatic carbocycles. The molecule has 0 aliphatic heterocycles. The van der Waals surface area contributed by atoms with Gasteiger partial charge in [0.2, 0.25) is 11.8 Å². The number of carbonyl (C=O) groups is 2. The molecule has 0 saturated heterocycles. The minimum Gasteiger partial charge on any atom is -0.326 e. The van der Waals surface area contributed by atoms with Crippen LogP contribution in [0.2, 0.25) is 0 Å². The SMILES string of the molecule is CC(=O)N(CCC(=O)Nc1ccc(C(C)C)cc1)c1ccccc1F. The van der Waals surface area contributed by atoms with Crippen LogP contribution in [0.4, 0.5) is 15.8 Å². The first kappa shape index (κ1) is 18.6. The standard InChI is InChI=1S/C20H23FN2O2/c1-14(2)16-8-10-17(11-9-16)22-20(25)12-13-23(15(3)24)19-7-5-4-6-18(19)21/h4-11,14H,12-13H2,1-3H3,(H,22,25). The first-order valence-electron chi connectivity index (χ1n) is 8.31. The van der Waals surface area contributed by atoms with Gasteiger partial charge in [-0.2, -0.15) is 0 Å². The smallest absolute Gasteiger partial charge is 0.226 e. The number of halogens is 1. The molecule has 1 N–H and O–H groups in total. The fourth-order valence-corrected chi connectivity index (χ4v) is 2.51. The van der Waals surface area contributed by atoms with Crippen molar-refractivity contribution >= 4 is 23.2 Å². The van der Waals surface area contributed by atoms with E-state index in [0.717, 1.165) is 0 Å². The van der Waals surface area contributed by atoms with Gasteiger partial charge in [-0.1, -0.05) is 38.1 Å². The first-order chi connectivity index (χ1) is 11.9. The fraction of sp³-hybridized carbons (Fsp3) is 0.300. The lowest BCUT2D eigenvalue weighted by atomic mass is 10.0. The summed E-state index contributed by atoms with van der Waals surface area (Å²) >= 11 is 0. The zero-order valence-corrected chi connectivity index (χ0v) is 14.8. The Labute approximate surface area is 147 Å². The van der Waals surface area contributed by atoms with Crippen molar-refractivity contribution in [2.24, 2.45) is 0 Å². The van der Waals surface area contributed by atoms with E-state index in [4.69, 9.17) is 0 Å². The third-order valence-electron chi connectivity index (χ3n) is 3.95. The number of rotatable bonds is 6. The van der Waals surface area contributed by atoms with Crippen LogP contribution in [0.25, 0.3) is 0 Å². The van der Waals surface area contributed by atoms with Crippen LogP contribution in [0.15, 0.2) is 48.5 Å². The van der Waals surface area contributed by atoms with Gasteiger partial charge in [-0.25, -0.2) is 4.39 Å². The van der Waals surface area contributed by atoms with E-state index in [1.54, 1.807) is 12.1 Å². The summed E-state index contributed by atoms with van der Waals surface area (Å²) in [5, 5.41) is 2.80. The van der Waals surface area contributed by atoms with E-state index >= 15 is 0 Å². The number of benzene rings is 2. The van der Waals surface area contributed by atoms with Crippen LogP contribution in [0.5, 0.6) is 0 Å². The van der Waals surface area contributed by atoms with Crippen LogP contribution in [0.3, 0.4) is 0 Å². The minimum absolute atomic E-state index is 0.0832. The van der Waals surface area contributed by atoms with Gasteiger partial charge in [-0.05, 0) is 35.7 Å². The third kappa shape index (κ3) is 5.14. The van der Waals surface area contributed by atoms with Crippen molar-refractivity contribution < 1.29 is 14.0 Å². The Morgan fingerprint density at radius 3 is 2.28 bits per heavy atom. The number of hydrogen-bond acceptors (Lipinski definition) is 2. The normalized spacial score (nSPS) is 10.6. The Balaban J connectivity index is 1.97. The predicted octanol–water partition coefficient (Wildman–Crippen LogP) is 4.33. The molecule has 25 heavy (non-hydrogen) atoms. The second kappa shape index (κ2) is 8.42. The molecule has 0 fully saturated rings. The molecule has 0 saturated carbocycles. The Morgan fingerprint density at radius 2 is 1.72 bits per heavy atom. The predicted molar refractivity (Wildman–Crippen MR) is 98.2 cm³/mol. The molecule has 4 nitrogen and oxygen atoms in total. The van der Waals surface area contributed by atoms with Crippen LogP contribution in [0, 0.1) is 5.82 Å². The molecule has 0 aliphatic rings. The van der Waals surface area contributed by atoms with E-state index in [1.807, 2.05) is 24.3 Å². The highest BCUT2D eigenvalue weighted by molar-refractivity contribution is 5.94. The van der Waals surface area contributed by atoms with Gasteiger partial charge in [-0.3, -0.25) is 9.59 Å². The fourth-order valence-electron chi connectivity index (χ4n) is 2.51. The van der Waals surface area contributed by atoms with Gasteiger partial charge in [-0.15, -0.1) is 0 Å². The summed E-state index contributed by atoms with van der Waals surface area (Å²) in [4.78, 5) is 25.2. The quantitative estimate of drug-likeness (QED) is 0.849. The maximum Gasteiger partial charge on any atom is 0.226 e. The molecule has 0 atom stereocenters. The molecule has 5 heteroatoms. The second-order valence-electron chi connectivity index (χ2n) is 6.20. The van der Waals surface area contributed by atoms with Crippen molar-refractivity contribution in [3.63, 3.8) is 0 Å². The van der Waals surface area contributed by atoms with Crippen LogP contribution < -0.4 is 10.2 Å². The first-order valence-corrected chi connectivity index (χ1v) is 8.31. The molecule has 0 aromatic heterocycles. The Kier molecular flexibility index (Phi) is 6.28. The van der Waals surface area contributed by atoms with Gasteiger partial charge < -0.3 is 10.2 Å². The van der Waals surface area contributed by atoms with Crippen molar-refractivity contribution in [2.45, 2.75) is 33.1 Å². The van der Waals surface area contributed by atoms with E-state index in [1.165, 1.54) is 29.5 Å². The van der Waals surface area contributed by atoms with Crippen molar-refractivity contribution in [1.82, 2.24) is 0 Å². The molecule has 0 radical (unpaired) electrons. The van der Waals surface area contributed by atoms with Crippen LogP contribution in [-0.2, 0) is 9.59 Å². The molecule has 2 rings (SSSR count). The molecule has 0 bridgehead atoms. The van der Waals surface area contributed by atoms with E-state index in [-0.39, 0.29) is 30.5 Å². The molecule has 2 aromatic carbocycles. The van der Waals surface area contributed by atoms with Crippen LogP contribution >= 0.6 is 0 Å². The van der Waals surface area contributed by atoms with Gasteiger partial charge in [0.05, 0.1) is 5.69 Å². The number of nitrogens with zero attached hydrogens (tertiary/aromatic N) is 1. The minimum atomic E-state index is -0.484. The highest BCUT2D eigenvalue weighted by Crippen LogP contribution is 2.20. The summed E-state index contributed by atoms with van der Waals surface area (Å²) in [6.07, 6.45) is 0.0832. The summed E-state index contributed by atoms with van der Waals surface area (Å²) in [7, 11) is 0. The number of hydrogen-bond donors (Lipinski definition) is 1. The topological polar surface area (TPSA) is 49.4 Å². The van der Waals surface area contributed by atoms with Gasteiger partial charge >= 0.3 is 0 Å². The number of amides is 2. The average Bonchev–Trinajstić information content (AvgIpc) is 2.56. The molecule has 0 heterocycles. The summed E-state index contributed by atoms with van der Waals surface area (Å²) < 4.78 is 13.9. The number of carbonyl (C=O) groups excluding carboxylic acids is 2. The molecule has 2 amide bonds. The summed E-state index contributed by atoms with van der Waals surface area (Å²) in [5.74, 6) is -0.587. The van der Waals surface area contributed by atoms with Crippen LogP contribution in [-0.4, -0.2) is 18.4 Å². The highest BCUT2D eigenvalue weighted by atomic mass is 19.1. The second-order valence-corrected chi connectivity index (χ2v) is 6.20. The average molecular weight is 342 g/mol. The molecule has 0 unspecified atom stereocenters. The van der Waals surface area contributed by atoms with E-state index in [9.17, 15) is 14.0 Å². The van der Waals surface area contributed by atoms with Crippen molar-refractivity contribution in [1.29, 1.82) is 0 Å². The summed E-state index contributed by atoms with van der Waals surface area (Å²) in [5.41, 5.74) is 2.08. The van der Waals surface area contributed by atoms with Crippen molar-refractivity contribution in [3.05, 3.63) is 59.9 Å². The Hall–Kier alpha value is -2.69. The maximum absolute atomic E-state index is 13.9. The lowest BCUT2D eigenvalue weighted by Gasteiger charge is -2.21.